The van der Waals surface area contributed by atoms with Crippen LogP contribution in [0.5, 0.6) is 11.5 Å². The highest BCUT2D eigenvalue weighted by molar-refractivity contribution is 7.09. The molecule has 200 valence electrons. The predicted octanol–water partition coefficient (Wildman–Crippen LogP) is 1.49. The number of hydrogen-bond acceptors (Lipinski definition) is 9. The van der Waals surface area contributed by atoms with Gasteiger partial charge in [0.25, 0.3) is 12.2 Å². The van der Waals surface area contributed by atoms with Crippen molar-refractivity contribution in [1.82, 2.24) is 10.4 Å². The minimum Gasteiger partial charge on any atom is -0.507 e. The molecule has 40 heavy (non-hydrogen) atoms. The van der Waals surface area contributed by atoms with E-state index in [0.29, 0.717) is 40.4 Å². The van der Waals surface area contributed by atoms with E-state index in [0.717, 1.165) is 10.6 Å². The van der Waals surface area contributed by atoms with E-state index in [1.807, 2.05) is 5.38 Å². The standard InChI is InChI=1S/C28H19N5O5S.ClH/c29-32-28(37)18-4-6-24-25(9-18)33(16-30-24)11-19-3-5-23(10-26(19)36)38-14-22-15-39-27(31-22)8-17-1-2-20(12-34)21(7-17)13-35;/h1-7,9-11,15-16H,8,14,29H2,(H,32,37);1H/p+1. The van der Waals surface area contributed by atoms with Crippen LogP contribution < -0.4 is 26.4 Å². The summed E-state index contributed by atoms with van der Waals surface area (Å²) in [5, 5.41) is 13.6. The van der Waals surface area contributed by atoms with Gasteiger partial charge in [-0.3, -0.25) is 10.2 Å². The SMILES string of the molecule is Cl.NNC(=O)c1ccc2c(c1)[N+](=Cc1ccc(OCc3csc(Cc4ccc(=C=O)c(=C=O)c4)n3)cc1O)C=N2. The lowest BCUT2D eigenvalue weighted by Gasteiger charge is -2.07. The number of aliphatic imine (C=N–C) groups is 1. The number of aromatic hydroxyl groups is 1. The summed E-state index contributed by atoms with van der Waals surface area (Å²) < 4.78 is 7.52. The van der Waals surface area contributed by atoms with Gasteiger partial charge in [0.15, 0.2) is 5.69 Å². The van der Waals surface area contributed by atoms with Gasteiger partial charge in [-0.15, -0.1) is 23.7 Å². The summed E-state index contributed by atoms with van der Waals surface area (Å²) >= 11 is 1.45. The molecule has 12 heteroatoms. The van der Waals surface area contributed by atoms with E-state index >= 15 is 0 Å². The van der Waals surface area contributed by atoms with E-state index in [-0.39, 0.29) is 35.2 Å². The van der Waals surface area contributed by atoms with E-state index in [9.17, 15) is 19.5 Å². The Labute approximate surface area is 237 Å². The van der Waals surface area contributed by atoms with E-state index in [1.54, 1.807) is 77.5 Å². The quantitative estimate of drug-likeness (QED) is 0.131. The number of nitrogen functional groups attached to an aromatic ring is 1. The maximum absolute atomic E-state index is 11.9. The largest absolute Gasteiger partial charge is 0.507 e. The minimum atomic E-state index is -0.418. The van der Waals surface area contributed by atoms with Gasteiger partial charge < -0.3 is 9.84 Å². The second-order valence-corrected chi connectivity index (χ2v) is 9.40. The number of phenols is 1. The maximum Gasteiger partial charge on any atom is 0.292 e. The lowest BCUT2D eigenvalue weighted by Crippen LogP contribution is -2.29. The van der Waals surface area contributed by atoms with E-state index in [4.69, 9.17) is 10.6 Å². The molecule has 1 aliphatic heterocycles. The molecule has 1 aromatic heterocycles. The lowest BCUT2D eigenvalue weighted by atomic mass is 10.1. The number of phenolic OH excluding ortho intramolecular Hbond substituents is 1. The molecular formula is C28H21ClN5O5S+. The average Bonchev–Trinajstić information content (AvgIpc) is 3.58. The van der Waals surface area contributed by atoms with Crippen molar-refractivity contribution < 1.29 is 28.8 Å². The topological polar surface area (TPSA) is 147 Å². The molecule has 0 saturated heterocycles. The first kappa shape index (κ1) is 28.1. The van der Waals surface area contributed by atoms with Crippen LogP contribution in [0.4, 0.5) is 11.4 Å². The monoisotopic (exact) mass is 574 g/mol. The third-order valence-corrected chi connectivity index (χ3v) is 6.79. The highest BCUT2D eigenvalue weighted by atomic mass is 35.5. The Morgan fingerprint density at radius 3 is 2.67 bits per heavy atom. The van der Waals surface area contributed by atoms with Gasteiger partial charge in [-0.1, -0.05) is 6.07 Å². The van der Waals surface area contributed by atoms with Crippen molar-refractivity contribution >= 4 is 65.5 Å². The number of ether oxygens (including phenoxy) is 1. The first-order chi connectivity index (χ1) is 19.0. The van der Waals surface area contributed by atoms with Crippen LogP contribution in [0.25, 0.3) is 0 Å². The zero-order valence-corrected chi connectivity index (χ0v) is 22.3. The molecule has 0 unspecified atom stereocenters. The van der Waals surface area contributed by atoms with Crippen LogP contribution >= 0.6 is 23.7 Å². The van der Waals surface area contributed by atoms with Gasteiger partial charge in [-0.05, 0) is 47.0 Å². The number of fused-ring (bicyclic) bond motifs is 1. The third kappa shape index (κ3) is 6.05. The normalized spacial score (nSPS) is 12.3. The number of rotatable bonds is 7. The molecule has 0 bridgehead atoms. The molecular weight excluding hydrogens is 554 g/mol. The minimum absolute atomic E-state index is 0. The molecule has 0 atom stereocenters. The van der Waals surface area contributed by atoms with Gasteiger partial charge in [-0.2, -0.15) is 4.58 Å². The summed E-state index contributed by atoms with van der Waals surface area (Å²) in [6.45, 7) is 0.198. The molecule has 1 amide bonds. The van der Waals surface area contributed by atoms with Crippen LogP contribution in [0.1, 0.15) is 32.2 Å². The van der Waals surface area contributed by atoms with Gasteiger partial charge in [0.05, 0.1) is 26.7 Å². The van der Waals surface area contributed by atoms with Gasteiger partial charge in [-0.25, -0.2) is 20.4 Å². The van der Waals surface area contributed by atoms with Crippen molar-refractivity contribution in [3.8, 4) is 11.5 Å². The fraction of sp³-hybridized carbons (Fsp3) is 0.0714. The highest BCUT2D eigenvalue weighted by Crippen LogP contribution is 2.33. The molecule has 2 heterocycles. The zero-order chi connectivity index (χ0) is 27.4. The van der Waals surface area contributed by atoms with Gasteiger partial charge in [0.2, 0.25) is 5.69 Å². The van der Waals surface area contributed by atoms with Crippen molar-refractivity contribution in [2.75, 3.05) is 0 Å². The molecule has 0 radical (unpaired) electrons. The maximum atomic E-state index is 11.9. The van der Waals surface area contributed by atoms with Crippen LogP contribution in [0.3, 0.4) is 0 Å². The number of thiazole rings is 1. The summed E-state index contributed by atoms with van der Waals surface area (Å²) in [7, 11) is 0. The zero-order valence-electron chi connectivity index (χ0n) is 20.7. The van der Waals surface area contributed by atoms with Gasteiger partial charge in [0.1, 0.15) is 36.2 Å². The number of carbonyl (C=O) groups is 1. The lowest BCUT2D eigenvalue weighted by molar-refractivity contribution is -0.282. The number of amides is 1. The number of aromatic nitrogens is 1. The van der Waals surface area contributed by atoms with Crippen molar-refractivity contribution in [1.29, 1.82) is 0 Å². The summed E-state index contributed by atoms with van der Waals surface area (Å²) in [5.41, 5.74) is 5.92. The van der Waals surface area contributed by atoms with Crippen molar-refractivity contribution in [2.24, 2.45) is 10.8 Å². The number of nitrogens with two attached hydrogens (primary N) is 1. The fourth-order valence-electron chi connectivity index (χ4n) is 3.93. The van der Waals surface area contributed by atoms with E-state index < -0.39 is 5.91 Å². The molecule has 4 aromatic rings. The predicted molar refractivity (Wildman–Crippen MR) is 151 cm³/mol. The van der Waals surface area contributed by atoms with Crippen LogP contribution in [-0.4, -0.2) is 45.0 Å². The summed E-state index contributed by atoms with van der Waals surface area (Å²) in [6, 6.07) is 14.9. The smallest absolute Gasteiger partial charge is 0.292 e. The summed E-state index contributed by atoms with van der Waals surface area (Å²) in [5.74, 6) is 8.76. The number of hydrogen-bond donors (Lipinski definition) is 3. The number of carbonyl (C=O) groups excluding carboxylic acids is 3. The van der Waals surface area contributed by atoms with Gasteiger partial charge >= 0.3 is 0 Å². The molecule has 0 fully saturated rings. The highest BCUT2D eigenvalue weighted by Gasteiger charge is 2.23. The molecule has 4 N–H and O–H groups in total. The summed E-state index contributed by atoms with van der Waals surface area (Å²) in [6.07, 6.45) is 3.77. The molecule has 1 aliphatic rings. The van der Waals surface area contributed by atoms with Crippen LogP contribution in [0.15, 0.2) is 65.0 Å². The van der Waals surface area contributed by atoms with E-state index in [1.165, 1.54) is 17.4 Å². The number of benzene rings is 3. The number of nitrogens with zero attached hydrogens (tertiary/aromatic N) is 3. The summed E-state index contributed by atoms with van der Waals surface area (Å²) in [4.78, 5) is 42.7. The number of halogens is 1. The van der Waals surface area contributed by atoms with Gasteiger partial charge in [0, 0.05) is 29.5 Å². The van der Waals surface area contributed by atoms with Crippen molar-refractivity contribution in [3.63, 3.8) is 0 Å². The second kappa shape index (κ2) is 12.3. The Balaban J connectivity index is 0.00000370. The first-order valence-corrected chi connectivity index (χ1v) is 12.5. The Kier molecular flexibility index (Phi) is 8.66. The van der Waals surface area contributed by atoms with Crippen LogP contribution in [-0.2, 0) is 22.6 Å². The van der Waals surface area contributed by atoms with Crippen molar-refractivity contribution in [3.05, 3.63) is 97.8 Å². The molecule has 0 spiro atoms. The molecule has 5 rings (SSSR count). The third-order valence-electron chi connectivity index (χ3n) is 5.89. The number of nitrogens with one attached hydrogen (secondary N) is 1. The Hall–Kier alpha value is -4.89. The first-order valence-electron chi connectivity index (χ1n) is 11.6. The Morgan fingerprint density at radius 2 is 1.93 bits per heavy atom. The van der Waals surface area contributed by atoms with Crippen molar-refractivity contribution in [2.45, 2.75) is 13.0 Å². The molecule has 10 nitrogen and oxygen atoms in total. The molecule has 0 aliphatic carbocycles. The molecule has 3 aromatic carbocycles. The average molecular weight is 575 g/mol. The Bertz CT molecular complexity index is 1840. The van der Waals surface area contributed by atoms with Crippen LogP contribution in [0.2, 0.25) is 0 Å². The Morgan fingerprint density at radius 1 is 1.10 bits per heavy atom. The van der Waals surface area contributed by atoms with E-state index in [2.05, 4.69) is 15.4 Å². The molecule has 0 saturated carbocycles. The van der Waals surface area contributed by atoms with Crippen LogP contribution in [0, 0.1) is 0 Å². The number of hydrazine groups is 1. The fourth-order valence-corrected chi connectivity index (χ4v) is 4.74. The second-order valence-electron chi connectivity index (χ2n) is 8.46.